The minimum absolute atomic E-state index is 0.0283. The molecule has 2 fully saturated rings. The molecule has 0 atom stereocenters. The number of nitriles is 1. The summed E-state index contributed by atoms with van der Waals surface area (Å²) in [5, 5.41) is 13.8. The van der Waals surface area contributed by atoms with Crippen LogP contribution in [-0.2, 0) is 14.9 Å². The summed E-state index contributed by atoms with van der Waals surface area (Å²) >= 11 is 0. The number of benzene rings is 2. The molecule has 1 aromatic heterocycles. The number of aryl methyl sites for hydroxylation is 3. The predicted octanol–water partition coefficient (Wildman–Crippen LogP) is 6.99. The van der Waals surface area contributed by atoms with Gasteiger partial charge in [-0.3, -0.25) is 0 Å². The Balaban J connectivity index is 1.30. The van der Waals surface area contributed by atoms with E-state index >= 15 is 0 Å². The maximum absolute atomic E-state index is 12.2. The van der Waals surface area contributed by atoms with Gasteiger partial charge >= 0.3 is 6.09 Å². The van der Waals surface area contributed by atoms with Crippen molar-refractivity contribution in [1.29, 1.82) is 5.26 Å². The van der Waals surface area contributed by atoms with E-state index in [0.29, 0.717) is 19.7 Å². The van der Waals surface area contributed by atoms with Crippen molar-refractivity contribution in [1.82, 2.24) is 10.1 Å². The summed E-state index contributed by atoms with van der Waals surface area (Å²) in [6.07, 6.45) is 2.40. The maximum atomic E-state index is 12.2. The van der Waals surface area contributed by atoms with Gasteiger partial charge in [-0.2, -0.15) is 5.26 Å². The first-order valence-corrected chi connectivity index (χ1v) is 14.4. The summed E-state index contributed by atoms with van der Waals surface area (Å²) in [5.74, 6) is 0.800. The molecule has 2 heterocycles. The molecule has 1 aliphatic heterocycles. The third-order valence-electron chi connectivity index (χ3n) is 7.90. The summed E-state index contributed by atoms with van der Waals surface area (Å²) in [6.45, 7) is 14.1. The van der Waals surface area contributed by atoms with Crippen LogP contribution in [0.4, 0.5) is 16.2 Å². The van der Waals surface area contributed by atoms with Crippen LogP contribution in [-0.4, -0.2) is 54.1 Å². The van der Waals surface area contributed by atoms with Crippen molar-refractivity contribution in [3.63, 3.8) is 0 Å². The van der Waals surface area contributed by atoms with Crippen molar-refractivity contribution >= 4 is 17.5 Å². The molecule has 0 bridgehead atoms. The van der Waals surface area contributed by atoms with Crippen LogP contribution in [0, 0.1) is 32.1 Å². The van der Waals surface area contributed by atoms with Gasteiger partial charge in [-0.05, 0) is 95.7 Å². The standard InChI is InChI=1S/C33H40N4O4/c1-22-8-9-25(30-23(2)35-41-24(30)3)18-29(22)37(27-12-10-26(11-13-27)33(21-34)14-15-33)16-7-17-39-28-19-36(20-28)31(38)40-32(4,5)6/h8-13,18,28H,7,14-17,19-20H2,1-6H3. The average molecular weight is 557 g/mol. The predicted molar refractivity (Wildman–Crippen MR) is 158 cm³/mol. The lowest BCUT2D eigenvalue weighted by molar-refractivity contribution is -0.0630. The van der Waals surface area contributed by atoms with E-state index in [-0.39, 0.29) is 17.6 Å². The summed E-state index contributed by atoms with van der Waals surface area (Å²) in [5.41, 5.74) is 6.57. The molecular formula is C33H40N4O4. The molecule has 0 radical (unpaired) electrons. The fourth-order valence-corrected chi connectivity index (χ4v) is 5.38. The maximum Gasteiger partial charge on any atom is 0.410 e. The largest absolute Gasteiger partial charge is 0.444 e. The normalized spacial score (nSPS) is 16.2. The number of aromatic nitrogens is 1. The lowest BCUT2D eigenvalue weighted by atomic mass is 9.97. The highest BCUT2D eigenvalue weighted by Gasteiger charge is 2.44. The number of hydrogen-bond donors (Lipinski definition) is 0. The van der Waals surface area contributed by atoms with Crippen LogP contribution >= 0.6 is 0 Å². The number of carbonyl (C=O) groups excluding carboxylic acids is 1. The number of rotatable bonds is 9. The minimum Gasteiger partial charge on any atom is -0.444 e. The zero-order valence-corrected chi connectivity index (χ0v) is 25.0. The van der Waals surface area contributed by atoms with Crippen LogP contribution in [0.2, 0.25) is 0 Å². The van der Waals surface area contributed by atoms with Crippen LogP contribution in [0.3, 0.4) is 0 Å². The van der Waals surface area contributed by atoms with E-state index in [1.165, 1.54) is 0 Å². The zero-order chi connectivity index (χ0) is 29.4. The Morgan fingerprint density at radius 3 is 2.44 bits per heavy atom. The van der Waals surface area contributed by atoms with E-state index < -0.39 is 5.60 Å². The van der Waals surface area contributed by atoms with E-state index in [0.717, 1.165) is 70.9 Å². The van der Waals surface area contributed by atoms with Crippen LogP contribution in [0.5, 0.6) is 0 Å². The molecule has 0 spiro atoms. The number of carbonyl (C=O) groups is 1. The second-order valence-corrected chi connectivity index (χ2v) is 12.3. The Hall–Kier alpha value is -3.83. The highest BCUT2D eigenvalue weighted by molar-refractivity contribution is 5.76. The van der Waals surface area contributed by atoms with E-state index in [4.69, 9.17) is 14.0 Å². The van der Waals surface area contributed by atoms with Crippen LogP contribution in [0.1, 0.15) is 62.6 Å². The van der Waals surface area contributed by atoms with E-state index in [2.05, 4.69) is 65.5 Å². The van der Waals surface area contributed by atoms with Gasteiger partial charge in [-0.25, -0.2) is 4.79 Å². The van der Waals surface area contributed by atoms with Crippen molar-refractivity contribution in [2.24, 2.45) is 0 Å². The van der Waals surface area contributed by atoms with Gasteiger partial charge < -0.3 is 23.8 Å². The van der Waals surface area contributed by atoms with Crippen molar-refractivity contribution in [2.45, 2.75) is 77.9 Å². The molecule has 8 nitrogen and oxygen atoms in total. The molecular weight excluding hydrogens is 516 g/mol. The van der Waals surface area contributed by atoms with Crippen molar-refractivity contribution in [3.05, 3.63) is 65.0 Å². The molecule has 2 aromatic carbocycles. The van der Waals surface area contributed by atoms with Crippen LogP contribution < -0.4 is 4.90 Å². The van der Waals surface area contributed by atoms with Gasteiger partial charge in [0.2, 0.25) is 0 Å². The van der Waals surface area contributed by atoms with Crippen molar-refractivity contribution < 1.29 is 18.8 Å². The van der Waals surface area contributed by atoms with Crippen molar-refractivity contribution in [2.75, 3.05) is 31.1 Å². The van der Waals surface area contributed by atoms with E-state index in [9.17, 15) is 10.1 Å². The zero-order valence-electron chi connectivity index (χ0n) is 25.0. The Morgan fingerprint density at radius 2 is 1.85 bits per heavy atom. The molecule has 2 aliphatic rings. The summed E-state index contributed by atoms with van der Waals surface area (Å²) < 4.78 is 17.0. The smallest absolute Gasteiger partial charge is 0.410 e. The Labute approximate surface area is 242 Å². The molecule has 41 heavy (non-hydrogen) atoms. The van der Waals surface area contributed by atoms with E-state index in [1.54, 1.807) is 4.90 Å². The molecule has 3 aromatic rings. The van der Waals surface area contributed by atoms with Crippen LogP contribution in [0.25, 0.3) is 11.1 Å². The van der Waals surface area contributed by atoms with Gasteiger partial charge in [0.15, 0.2) is 0 Å². The van der Waals surface area contributed by atoms with Crippen molar-refractivity contribution in [3.8, 4) is 17.2 Å². The highest BCUT2D eigenvalue weighted by atomic mass is 16.6. The van der Waals surface area contributed by atoms with E-state index in [1.807, 2.05) is 34.6 Å². The SMILES string of the molecule is Cc1ccc(-c2c(C)noc2C)cc1N(CCCOC1CN(C(=O)OC(C)(C)C)C1)c1ccc(C2(C#N)CC2)cc1. The van der Waals surface area contributed by atoms with Gasteiger partial charge in [0.1, 0.15) is 11.4 Å². The molecule has 1 saturated heterocycles. The lowest BCUT2D eigenvalue weighted by Crippen LogP contribution is -2.56. The average Bonchev–Trinajstić information content (AvgIpc) is 3.63. The highest BCUT2D eigenvalue weighted by Crippen LogP contribution is 2.48. The number of likely N-dealkylation sites (tertiary alicyclic amines) is 1. The fraction of sp³-hybridized carbons (Fsp3) is 0.485. The first-order valence-electron chi connectivity index (χ1n) is 14.4. The molecule has 5 rings (SSSR count). The molecule has 1 saturated carbocycles. The van der Waals surface area contributed by atoms with Gasteiger partial charge in [0, 0.05) is 30.1 Å². The summed E-state index contributed by atoms with van der Waals surface area (Å²) in [6, 6.07) is 17.4. The topological polar surface area (TPSA) is 91.8 Å². The quantitative estimate of drug-likeness (QED) is 0.262. The summed E-state index contributed by atoms with van der Waals surface area (Å²) in [7, 11) is 0. The monoisotopic (exact) mass is 556 g/mol. The Morgan fingerprint density at radius 1 is 1.15 bits per heavy atom. The van der Waals surface area contributed by atoms with Gasteiger partial charge in [-0.15, -0.1) is 0 Å². The molecule has 216 valence electrons. The number of amides is 1. The van der Waals surface area contributed by atoms with Gasteiger partial charge in [0.05, 0.1) is 36.4 Å². The Kier molecular flexibility index (Phi) is 7.85. The summed E-state index contributed by atoms with van der Waals surface area (Å²) in [4.78, 5) is 16.2. The second kappa shape index (κ2) is 11.2. The lowest BCUT2D eigenvalue weighted by Gasteiger charge is -2.39. The third kappa shape index (κ3) is 6.25. The number of ether oxygens (including phenoxy) is 2. The fourth-order valence-electron chi connectivity index (χ4n) is 5.38. The van der Waals surface area contributed by atoms with Gasteiger partial charge in [0.25, 0.3) is 0 Å². The molecule has 8 heteroatoms. The number of hydrogen-bond acceptors (Lipinski definition) is 7. The Bertz CT molecular complexity index is 1420. The molecule has 0 unspecified atom stereocenters. The third-order valence-corrected chi connectivity index (χ3v) is 7.90. The van der Waals surface area contributed by atoms with Crippen LogP contribution in [0.15, 0.2) is 47.0 Å². The minimum atomic E-state index is -0.501. The molecule has 0 N–H and O–H groups in total. The molecule has 1 aliphatic carbocycles. The molecule has 1 amide bonds. The van der Waals surface area contributed by atoms with Gasteiger partial charge in [-0.1, -0.05) is 29.4 Å². The second-order valence-electron chi connectivity index (χ2n) is 12.3. The number of anilines is 2. The first kappa shape index (κ1) is 28.7. The first-order chi connectivity index (χ1) is 19.5. The number of nitrogens with zero attached hydrogens (tertiary/aromatic N) is 4.